The van der Waals surface area contributed by atoms with Gasteiger partial charge in [0.2, 0.25) is 0 Å². The van der Waals surface area contributed by atoms with E-state index in [1.54, 1.807) is 15.9 Å². The van der Waals surface area contributed by atoms with Crippen molar-refractivity contribution in [1.29, 1.82) is 0 Å². The fraction of sp³-hybridized carbons (Fsp3) is 0.429. The molecule has 3 rings (SSSR count). The lowest BCUT2D eigenvalue weighted by Gasteiger charge is -2.28. The predicted octanol–water partition coefficient (Wildman–Crippen LogP) is 0.972. The SMILES string of the molecule is CN(C)c1ccc(C[NH2+]C2CC[NH+](Cc3ccccc3)CC2)cc1[N+](=O)[O-]. The Kier molecular flexibility index (Phi) is 6.42. The number of nitro groups is 1. The normalized spacial score (nSPS) is 19.6. The molecule has 2 aromatic carbocycles. The molecule has 0 atom stereocenters. The number of anilines is 1. The molecular weight excluding hydrogens is 340 g/mol. The number of rotatable bonds is 7. The molecule has 27 heavy (non-hydrogen) atoms. The number of nitrogens with one attached hydrogen (secondary N) is 1. The maximum Gasteiger partial charge on any atom is 0.292 e. The van der Waals surface area contributed by atoms with Gasteiger partial charge < -0.3 is 15.1 Å². The molecule has 1 aliphatic heterocycles. The Balaban J connectivity index is 1.50. The first-order chi connectivity index (χ1) is 13.0. The quantitative estimate of drug-likeness (QED) is 0.564. The smallest absolute Gasteiger partial charge is 0.292 e. The zero-order valence-corrected chi connectivity index (χ0v) is 16.2. The molecule has 1 heterocycles. The molecule has 1 saturated heterocycles. The van der Waals surface area contributed by atoms with Crippen LogP contribution in [-0.2, 0) is 13.1 Å². The molecule has 0 saturated carbocycles. The van der Waals surface area contributed by atoms with Gasteiger partial charge in [0.05, 0.1) is 24.1 Å². The minimum absolute atomic E-state index is 0.188. The highest BCUT2D eigenvalue weighted by atomic mass is 16.6. The van der Waals surface area contributed by atoms with Crippen molar-refractivity contribution in [2.75, 3.05) is 32.1 Å². The second-order valence-corrected chi connectivity index (χ2v) is 7.66. The molecule has 144 valence electrons. The number of hydrogen-bond donors (Lipinski definition) is 2. The van der Waals surface area contributed by atoms with E-state index in [0.717, 1.165) is 18.7 Å². The van der Waals surface area contributed by atoms with Crippen molar-refractivity contribution in [2.45, 2.75) is 32.0 Å². The molecular formula is C21H30N4O2+2. The maximum absolute atomic E-state index is 11.3. The van der Waals surface area contributed by atoms with Gasteiger partial charge in [-0.3, -0.25) is 10.1 Å². The van der Waals surface area contributed by atoms with Crippen molar-refractivity contribution in [1.82, 2.24) is 0 Å². The lowest BCUT2D eigenvalue weighted by Crippen LogP contribution is -3.13. The first kappa shape index (κ1) is 19.3. The summed E-state index contributed by atoms with van der Waals surface area (Å²) in [6.45, 7) is 4.28. The van der Waals surface area contributed by atoms with E-state index in [9.17, 15) is 10.1 Å². The Morgan fingerprint density at radius 1 is 1.11 bits per heavy atom. The number of nitrogens with two attached hydrogens (primary N) is 1. The Labute approximate surface area is 160 Å². The molecule has 0 amide bonds. The van der Waals surface area contributed by atoms with E-state index in [0.29, 0.717) is 11.7 Å². The van der Waals surface area contributed by atoms with Crippen LogP contribution >= 0.6 is 0 Å². The molecule has 0 radical (unpaired) electrons. The number of likely N-dealkylation sites (tertiary alicyclic amines) is 1. The van der Waals surface area contributed by atoms with Gasteiger partial charge in [0.25, 0.3) is 5.69 Å². The lowest BCUT2D eigenvalue weighted by atomic mass is 10.0. The van der Waals surface area contributed by atoms with Gasteiger partial charge in [0.1, 0.15) is 18.8 Å². The summed E-state index contributed by atoms with van der Waals surface area (Å²) in [5, 5.41) is 13.7. The number of nitro benzene ring substituents is 1. The Morgan fingerprint density at radius 2 is 1.81 bits per heavy atom. The topological polar surface area (TPSA) is 67.4 Å². The second-order valence-electron chi connectivity index (χ2n) is 7.66. The third kappa shape index (κ3) is 5.28. The minimum Gasteiger partial charge on any atom is -0.372 e. The van der Waals surface area contributed by atoms with Crippen molar-refractivity contribution in [3.05, 3.63) is 69.8 Å². The minimum atomic E-state index is -0.287. The third-order valence-electron chi connectivity index (χ3n) is 5.44. The number of hydrogen-bond acceptors (Lipinski definition) is 3. The summed E-state index contributed by atoms with van der Waals surface area (Å²) in [4.78, 5) is 14.5. The largest absolute Gasteiger partial charge is 0.372 e. The average Bonchev–Trinajstić information content (AvgIpc) is 2.68. The summed E-state index contributed by atoms with van der Waals surface area (Å²) in [6, 6.07) is 16.9. The van der Waals surface area contributed by atoms with E-state index >= 15 is 0 Å². The first-order valence-electron chi connectivity index (χ1n) is 9.68. The first-order valence-corrected chi connectivity index (χ1v) is 9.68. The summed E-state index contributed by atoms with van der Waals surface area (Å²) in [7, 11) is 3.67. The summed E-state index contributed by atoms with van der Waals surface area (Å²) < 4.78 is 0. The summed E-state index contributed by atoms with van der Waals surface area (Å²) in [5.74, 6) is 0. The molecule has 3 N–H and O–H groups in total. The van der Waals surface area contributed by atoms with E-state index in [4.69, 9.17) is 0 Å². The maximum atomic E-state index is 11.3. The van der Waals surface area contributed by atoms with Gasteiger partial charge in [-0.2, -0.15) is 0 Å². The zero-order chi connectivity index (χ0) is 19.2. The molecule has 0 unspecified atom stereocenters. The van der Waals surface area contributed by atoms with Crippen molar-refractivity contribution >= 4 is 11.4 Å². The van der Waals surface area contributed by atoms with Crippen LogP contribution in [0.25, 0.3) is 0 Å². The monoisotopic (exact) mass is 370 g/mol. The van der Waals surface area contributed by atoms with Crippen LogP contribution in [0.4, 0.5) is 11.4 Å². The van der Waals surface area contributed by atoms with Crippen LogP contribution in [-0.4, -0.2) is 38.2 Å². The van der Waals surface area contributed by atoms with Crippen LogP contribution in [0.5, 0.6) is 0 Å². The van der Waals surface area contributed by atoms with Crippen molar-refractivity contribution in [3.8, 4) is 0 Å². The molecule has 1 fully saturated rings. The second kappa shape index (κ2) is 8.97. The molecule has 0 aliphatic carbocycles. The Hall–Kier alpha value is -2.44. The predicted molar refractivity (Wildman–Crippen MR) is 107 cm³/mol. The molecule has 2 aromatic rings. The van der Waals surface area contributed by atoms with Gasteiger partial charge in [0.15, 0.2) is 0 Å². The molecule has 6 heteroatoms. The van der Waals surface area contributed by atoms with Crippen LogP contribution in [0.15, 0.2) is 48.5 Å². The van der Waals surface area contributed by atoms with Crippen LogP contribution in [0.1, 0.15) is 24.0 Å². The molecule has 0 bridgehead atoms. The van der Waals surface area contributed by atoms with E-state index in [2.05, 4.69) is 35.6 Å². The highest BCUT2D eigenvalue weighted by Crippen LogP contribution is 2.27. The highest BCUT2D eigenvalue weighted by molar-refractivity contribution is 5.63. The van der Waals surface area contributed by atoms with Crippen LogP contribution in [0.2, 0.25) is 0 Å². The van der Waals surface area contributed by atoms with Gasteiger partial charge >= 0.3 is 0 Å². The van der Waals surface area contributed by atoms with Gasteiger partial charge in [-0.15, -0.1) is 0 Å². The Bertz CT molecular complexity index is 756. The van der Waals surface area contributed by atoms with Crippen molar-refractivity contribution in [3.63, 3.8) is 0 Å². The van der Waals surface area contributed by atoms with E-state index in [1.165, 1.54) is 31.5 Å². The van der Waals surface area contributed by atoms with Gasteiger partial charge in [0, 0.05) is 44.1 Å². The Morgan fingerprint density at radius 3 is 2.44 bits per heavy atom. The lowest BCUT2D eigenvalue weighted by molar-refractivity contribution is -0.926. The van der Waals surface area contributed by atoms with E-state index in [1.807, 2.05) is 26.2 Å². The molecule has 0 spiro atoms. The van der Waals surface area contributed by atoms with Crippen LogP contribution < -0.4 is 15.1 Å². The zero-order valence-electron chi connectivity index (χ0n) is 16.2. The highest BCUT2D eigenvalue weighted by Gasteiger charge is 2.25. The van der Waals surface area contributed by atoms with Crippen LogP contribution in [0, 0.1) is 10.1 Å². The van der Waals surface area contributed by atoms with Gasteiger partial charge in [-0.05, 0) is 6.07 Å². The third-order valence-corrected chi connectivity index (χ3v) is 5.44. The molecule has 0 aromatic heterocycles. The van der Waals surface area contributed by atoms with Crippen LogP contribution in [0.3, 0.4) is 0 Å². The van der Waals surface area contributed by atoms with Crippen molar-refractivity contribution < 1.29 is 15.1 Å². The molecule has 6 nitrogen and oxygen atoms in total. The number of benzene rings is 2. The number of nitrogens with zero attached hydrogens (tertiary/aromatic N) is 2. The average molecular weight is 370 g/mol. The summed E-state index contributed by atoms with van der Waals surface area (Å²) in [5.41, 5.74) is 3.27. The fourth-order valence-corrected chi connectivity index (χ4v) is 3.87. The number of piperidine rings is 1. The van der Waals surface area contributed by atoms with E-state index in [-0.39, 0.29) is 10.6 Å². The number of quaternary nitrogens is 2. The van der Waals surface area contributed by atoms with Gasteiger partial charge in [-0.1, -0.05) is 36.4 Å². The summed E-state index contributed by atoms with van der Waals surface area (Å²) >= 11 is 0. The molecule has 1 aliphatic rings. The van der Waals surface area contributed by atoms with Crippen molar-refractivity contribution in [2.24, 2.45) is 0 Å². The summed E-state index contributed by atoms with van der Waals surface area (Å²) in [6.07, 6.45) is 2.39. The van der Waals surface area contributed by atoms with Gasteiger partial charge in [-0.25, -0.2) is 0 Å². The fourth-order valence-electron chi connectivity index (χ4n) is 3.87. The van der Waals surface area contributed by atoms with E-state index < -0.39 is 0 Å². The standard InChI is InChI=1S/C21H28N4O2/c1-23(2)20-9-8-18(14-21(20)25(26)27)15-22-19-10-12-24(13-11-19)16-17-6-4-3-5-7-17/h3-9,14,19,22H,10-13,15-16H2,1-2H3/p+2.